The summed E-state index contributed by atoms with van der Waals surface area (Å²) in [6.07, 6.45) is 3.10. The summed E-state index contributed by atoms with van der Waals surface area (Å²) in [6, 6.07) is 8.03. The molecule has 31 heavy (non-hydrogen) atoms. The molecule has 2 aliphatic rings. The lowest BCUT2D eigenvalue weighted by molar-refractivity contribution is -0.126. The van der Waals surface area contributed by atoms with Gasteiger partial charge in [-0.2, -0.15) is 4.31 Å². The molecule has 1 aromatic heterocycles. The zero-order valence-electron chi connectivity index (χ0n) is 17.2. The number of furan rings is 1. The second-order valence-corrected chi connectivity index (χ2v) is 9.80. The summed E-state index contributed by atoms with van der Waals surface area (Å²) in [5, 5.41) is 5.61. The van der Waals surface area contributed by atoms with Gasteiger partial charge in [0.15, 0.2) is 6.61 Å². The maximum absolute atomic E-state index is 13.0. The molecule has 2 amide bonds. The molecule has 1 fully saturated rings. The lowest BCUT2D eigenvalue weighted by Gasteiger charge is -2.31. The van der Waals surface area contributed by atoms with Crippen LogP contribution < -0.4 is 15.4 Å². The van der Waals surface area contributed by atoms with E-state index in [2.05, 4.69) is 10.6 Å². The maximum atomic E-state index is 13.0. The Morgan fingerprint density at radius 2 is 2.06 bits per heavy atom. The van der Waals surface area contributed by atoms with Gasteiger partial charge in [-0.3, -0.25) is 9.59 Å². The minimum atomic E-state index is -3.74. The standard InChI is InChI=1S/C21H25N3O6S/c1-14(11-16-3-2-10-29-16)22-21(26)15-6-8-24(9-7-15)31(27,28)17-4-5-19-18(12-17)23-20(25)13-30-19/h2-5,10,12,14-15H,6-9,11,13H2,1H3,(H,22,26)(H,23,25). The third-order valence-electron chi connectivity index (χ3n) is 5.52. The van der Waals surface area contributed by atoms with Gasteiger partial charge >= 0.3 is 0 Å². The first-order chi connectivity index (χ1) is 14.8. The lowest BCUT2D eigenvalue weighted by Crippen LogP contribution is -2.45. The number of benzene rings is 1. The van der Waals surface area contributed by atoms with Crippen LogP contribution in [-0.4, -0.2) is 50.3 Å². The molecule has 166 valence electrons. The predicted molar refractivity (Wildman–Crippen MR) is 112 cm³/mol. The Labute approximate surface area is 180 Å². The van der Waals surface area contributed by atoms with E-state index in [0.717, 1.165) is 5.76 Å². The van der Waals surface area contributed by atoms with E-state index in [4.69, 9.17) is 9.15 Å². The van der Waals surface area contributed by atoms with Crippen LogP contribution in [-0.2, 0) is 26.0 Å². The van der Waals surface area contributed by atoms with E-state index in [9.17, 15) is 18.0 Å². The molecule has 10 heteroatoms. The van der Waals surface area contributed by atoms with Crippen molar-refractivity contribution in [3.05, 3.63) is 42.4 Å². The van der Waals surface area contributed by atoms with E-state index in [1.807, 2.05) is 19.1 Å². The fourth-order valence-electron chi connectivity index (χ4n) is 3.87. The van der Waals surface area contributed by atoms with Crippen molar-refractivity contribution in [1.82, 2.24) is 9.62 Å². The van der Waals surface area contributed by atoms with E-state index >= 15 is 0 Å². The van der Waals surface area contributed by atoms with Crippen molar-refractivity contribution in [2.75, 3.05) is 25.0 Å². The molecule has 9 nitrogen and oxygen atoms in total. The van der Waals surface area contributed by atoms with Gasteiger partial charge in [0.2, 0.25) is 15.9 Å². The molecular formula is C21H25N3O6S. The number of hydrogen-bond acceptors (Lipinski definition) is 6. The summed E-state index contributed by atoms with van der Waals surface area (Å²) < 4.78 is 38.1. The Morgan fingerprint density at radius 3 is 2.77 bits per heavy atom. The molecule has 0 radical (unpaired) electrons. The fourth-order valence-corrected chi connectivity index (χ4v) is 5.37. The SMILES string of the molecule is CC(Cc1ccco1)NC(=O)C1CCN(S(=O)(=O)c2ccc3c(c2)NC(=O)CO3)CC1. The monoisotopic (exact) mass is 447 g/mol. The van der Waals surface area contributed by atoms with Crippen LogP contribution in [0.15, 0.2) is 45.9 Å². The fraction of sp³-hybridized carbons (Fsp3) is 0.429. The Hall–Kier alpha value is -2.85. The molecule has 2 aromatic rings. The zero-order valence-corrected chi connectivity index (χ0v) is 18.0. The van der Waals surface area contributed by atoms with Crippen LogP contribution in [0, 0.1) is 5.92 Å². The molecule has 4 rings (SSSR count). The molecule has 0 spiro atoms. The molecule has 0 aliphatic carbocycles. The third-order valence-corrected chi connectivity index (χ3v) is 7.42. The number of nitrogens with one attached hydrogen (secondary N) is 2. The van der Waals surface area contributed by atoms with E-state index in [1.54, 1.807) is 12.3 Å². The number of carbonyl (C=O) groups is 2. The molecule has 3 heterocycles. The minimum absolute atomic E-state index is 0.0650. The maximum Gasteiger partial charge on any atom is 0.262 e. The van der Waals surface area contributed by atoms with E-state index in [1.165, 1.54) is 16.4 Å². The average Bonchev–Trinajstić information content (AvgIpc) is 3.26. The number of nitrogens with zero attached hydrogens (tertiary/aromatic N) is 1. The van der Waals surface area contributed by atoms with Crippen LogP contribution in [0.5, 0.6) is 5.75 Å². The van der Waals surface area contributed by atoms with Gasteiger partial charge in [0.05, 0.1) is 16.8 Å². The Kier molecular flexibility index (Phi) is 6.01. The molecule has 0 bridgehead atoms. The molecule has 1 aromatic carbocycles. The number of ether oxygens (including phenoxy) is 1. The van der Waals surface area contributed by atoms with Crippen molar-refractivity contribution < 1.29 is 27.2 Å². The summed E-state index contributed by atoms with van der Waals surface area (Å²) in [6.45, 7) is 2.34. The van der Waals surface area contributed by atoms with Crippen molar-refractivity contribution in [3.8, 4) is 5.75 Å². The quantitative estimate of drug-likeness (QED) is 0.697. The summed E-state index contributed by atoms with van der Waals surface area (Å²) in [5.74, 6) is 0.625. The number of piperidine rings is 1. The number of carbonyl (C=O) groups excluding carboxylic acids is 2. The highest BCUT2D eigenvalue weighted by Crippen LogP contribution is 2.32. The first-order valence-corrected chi connectivity index (χ1v) is 11.7. The minimum Gasteiger partial charge on any atom is -0.482 e. The first-order valence-electron chi connectivity index (χ1n) is 10.2. The number of hydrogen-bond donors (Lipinski definition) is 2. The Morgan fingerprint density at radius 1 is 1.29 bits per heavy atom. The third kappa shape index (κ3) is 4.75. The summed E-state index contributed by atoms with van der Waals surface area (Å²) in [7, 11) is -3.74. The summed E-state index contributed by atoms with van der Waals surface area (Å²) in [5.41, 5.74) is 0.345. The van der Waals surface area contributed by atoms with Gasteiger partial charge < -0.3 is 19.8 Å². The van der Waals surface area contributed by atoms with Gasteiger partial charge in [0.25, 0.3) is 5.91 Å². The lowest BCUT2D eigenvalue weighted by atomic mass is 9.96. The highest BCUT2D eigenvalue weighted by Gasteiger charge is 2.33. The van der Waals surface area contributed by atoms with Crippen molar-refractivity contribution in [2.45, 2.75) is 37.1 Å². The van der Waals surface area contributed by atoms with Crippen molar-refractivity contribution in [2.24, 2.45) is 5.92 Å². The highest BCUT2D eigenvalue weighted by atomic mass is 32.2. The largest absolute Gasteiger partial charge is 0.482 e. The van der Waals surface area contributed by atoms with Gasteiger partial charge in [0.1, 0.15) is 11.5 Å². The van der Waals surface area contributed by atoms with Crippen molar-refractivity contribution in [1.29, 1.82) is 0 Å². The average molecular weight is 448 g/mol. The number of sulfonamides is 1. The van der Waals surface area contributed by atoms with Crippen LogP contribution in [0.3, 0.4) is 0 Å². The van der Waals surface area contributed by atoms with Gasteiger partial charge in [-0.05, 0) is 50.1 Å². The van der Waals surface area contributed by atoms with Gasteiger partial charge in [0, 0.05) is 31.5 Å². The van der Waals surface area contributed by atoms with Gasteiger partial charge in [-0.15, -0.1) is 0 Å². The second kappa shape index (κ2) is 8.72. The second-order valence-electron chi connectivity index (χ2n) is 7.87. The number of anilines is 1. The summed E-state index contributed by atoms with van der Waals surface area (Å²) >= 11 is 0. The Bertz CT molecular complexity index is 1060. The molecule has 1 unspecified atom stereocenters. The first kappa shape index (κ1) is 21.4. The van der Waals surface area contributed by atoms with E-state index in [0.29, 0.717) is 30.7 Å². The van der Waals surface area contributed by atoms with E-state index < -0.39 is 10.0 Å². The molecule has 0 saturated carbocycles. The van der Waals surface area contributed by atoms with Crippen LogP contribution in [0.2, 0.25) is 0 Å². The normalized spacial score (nSPS) is 18.5. The number of rotatable bonds is 6. The Balaban J connectivity index is 1.35. The molecule has 2 N–H and O–H groups in total. The van der Waals surface area contributed by atoms with Gasteiger partial charge in [-0.25, -0.2) is 8.42 Å². The van der Waals surface area contributed by atoms with Crippen molar-refractivity contribution >= 4 is 27.5 Å². The molecule has 1 saturated heterocycles. The zero-order chi connectivity index (χ0) is 22.0. The number of amides is 2. The molecule has 2 aliphatic heterocycles. The molecule has 1 atom stereocenters. The van der Waals surface area contributed by atoms with Gasteiger partial charge in [-0.1, -0.05) is 0 Å². The number of fused-ring (bicyclic) bond motifs is 1. The van der Waals surface area contributed by atoms with E-state index in [-0.39, 0.29) is 48.4 Å². The smallest absolute Gasteiger partial charge is 0.262 e. The molecular weight excluding hydrogens is 422 g/mol. The van der Waals surface area contributed by atoms with Crippen LogP contribution >= 0.6 is 0 Å². The summed E-state index contributed by atoms with van der Waals surface area (Å²) in [4.78, 5) is 24.2. The van der Waals surface area contributed by atoms with Crippen molar-refractivity contribution in [3.63, 3.8) is 0 Å². The predicted octanol–water partition coefficient (Wildman–Crippen LogP) is 1.76. The van der Waals surface area contributed by atoms with Crippen LogP contribution in [0.25, 0.3) is 0 Å². The van der Waals surface area contributed by atoms with Crippen LogP contribution in [0.1, 0.15) is 25.5 Å². The topological polar surface area (TPSA) is 118 Å². The highest BCUT2D eigenvalue weighted by molar-refractivity contribution is 7.89. The van der Waals surface area contributed by atoms with Crippen LogP contribution in [0.4, 0.5) is 5.69 Å².